The molecule has 188 valence electrons. The summed E-state index contributed by atoms with van der Waals surface area (Å²) in [4.78, 5) is 45.2. The first kappa shape index (κ1) is 24.9. The van der Waals surface area contributed by atoms with Crippen LogP contribution in [0.25, 0.3) is 0 Å². The zero-order valence-corrected chi connectivity index (χ0v) is 20.4. The van der Waals surface area contributed by atoms with Crippen LogP contribution in [0.5, 0.6) is 5.75 Å². The lowest BCUT2D eigenvalue weighted by Gasteiger charge is -2.43. The maximum Gasteiger partial charge on any atom is 0.273 e. The molecule has 10 heteroatoms. The predicted molar refractivity (Wildman–Crippen MR) is 130 cm³/mol. The molecule has 3 amide bonds. The van der Waals surface area contributed by atoms with Crippen molar-refractivity contribution in [2.24, 2.45) is 0 Å². The molecule has 9 nitrogen and oxygen atoms in total. The minimum Gasteiger partial charge on any atom is -0.497 e. The number of imidazole rings is 1. The van der Waals surface area contributed by atoms with Gasteiger partial charge < -0.3 is 24.8 Å². The van der Waals surface area contributed by atoms with Crippen molar-refractivity contribution >= 4 is 17.7 Å². The maximum absolute atomic E-state index is 13.5. The molecule has 2 heterocycles. The number of nitrogens with zero attached hydrogens (tertiary/aromatic N) is 3. The van der Waals surface area contributed by atoms with Crippen molar-refractivity contribution < 1.29 is 23.5 Å². The van der Waals surface area contributed by atoms with Gasteiger partial charge in [-0.15, -0.1) is 0 Å². The number of carbonyl (C=O) groups excluding carboxylic acids is 3. The number of ether oxygens (including phenoxy) is 1. The molecule has 1 aromatic heterocycles. The van der Waals surface area contributed by atoms with Crippen molar-refractivity contribution in [1.82, 2.24) is 25.1 Å². The largest absolute Gasteiger partial charge is 0.497 e. The van der Waals surface area contributed by atoms with Crippen LogP contribution < -0.4 is 15.4 Å². The Labute approximate surface area is 208 Å². The Hall–Kier alpha value is -4.21. The molecule has 0 fully saturated rings. The van der Waals surface area contributed by atoms with E-state index in [2.05, 4.69) is 15.6 Å². The molecule has 36 heavy (non-hydrogen) atoms. The van der Waals surface area contributed by atoms with Crippen molar-refractivity contribution in [3.63, 3.8) is 0 Å². The minimum absolute atomic E-state index is 0.0146. The molecule has 1 unspecified atom stereocenters. The van der Waals surface area contributed by atoms with Crippen LogP contribution in [-0.2, 0) is 24.4 Å². The maximum atomic E-state index is 13.5. The molecule has 0 radical (unpaired) electrons. The lowest BCUT2D eigenvalue weighted by Crippen LogP contribution is -2.63. The molecule has 1 atom stereocenters. The SMILES string of the molecule is CCN1C(=O)c2c(C(=O)NCc3ccc(OC)cc3)ncn2CC1(C)C(=O)NCc1ccc(F)cc1. The average molecular weight is 494 g/mol. The van der Waals surface area contributed by atoms with Crippen LogP contribution in [0.1, 0.15) is 46.0 Å². The lowest BCUT2D eigenvalue weighted by molar-refractivity contribution is -0.132. The number of amides is 3. The van der Waals surface area contributed by atoms with E-state index in [0.29, 0.717) is 5.75 Å². The van der Waals surface area contributed by atoms with Crippen LogP contribution in [0.15, 0.2) is 54.9 Å². The Kier molecular flexibility index (Phi) is 7.05. The van der Waals surface area contributed by atoms with Crippen LogP contribution in [-0.4, -0.2) is 51.4 Å². The van der Waals surface area contributed by atoms with E-state index < -0.39 is 17.4 Å². The number of fused-ring (bicyclic) bond motifs is 1. The van der Waals surface area contributed by atoms with Crippen LogP contribution in [0.4, 0.5) is 4.39 Å². The fourth-order valence-corrected chi connectivity index (χ4v) is 4.33. The molecule has 4 rings (SSSR count). The van der Waals surface area contributed by atoms with E-state index in [1.165, 1.54) is 23.4 Å². The van der Waals surface area contributed by atoms with Crippen molar-refractivity contribution in [3.8, 4) is 5.75 Å². The van der Waals surface area contributed by atoms with Crippen molar-refractivity contribution in [2.45, 2.75) is 39.0 Å². The second kappa shape index (κ2) is 10.2. The highest BCUT2D eigenvalue weighted by molar-refractivity contribution is 6.07. The summed E-state index contributed by atoms with van der Waals surface area (Å²) >= 11 is 0. The van der Waals surface area contributed by atoms with Gasteiger partial charge in [0.15, 0.2) is 5.69 Å². The molecule has 1 aliphatic heterocycles. The number of aromatic nitrogens is 2. The van der Waals surface area contributed by atoms with Gasteiger partial charge in [0.05, 0.1) is 20.0 Å². The number of rotatable bonds is 8. The zero-order valence-electron chi connectivity index (χ0n) is 20.4. The van der Waals surface area contributed by atoms with E-state index in [1.54, 1.807) is 49.8 Å². The summed E-state index contributed by atoms with van der Waals surface area (Å²) in [7, 11) is 1.58. The Balaban J connectivity index is 1.49. The number of benzene rings is 2. The highest BCUT2D eigenvalue weighted by Crippen LogP contribution is 2.29. The molecule has 2 N–H and O–H groups in total. The average Bonchev–Trinajstić information content (AvgIpc) is 3.31. The zero-order chi connectivity index (χ0) is 25.9. The van der Waals surface area contributed by atoms with E-state index in [-0.39, 0.29) is 49.3 Å². The molecule has 0 spiro atoms. The first-order chi connectivity index (χ1) is 17.3. The number of likely N-dealkylation sites (N-methyl/N-ethyl adjacent to an activating group) is 1. The molecule has 0 saturated carbocycles. The van der Waals surface area contributed by atoms with Gasteiger partial charge in [-0.1, -0.05) is 24.3 Å². The minimum atomic E-state index is -1.20. The topological polar surface area (TPSA) is 106 Å². The second-order valence-corrected chi connectivity index (χ2v) is 8.73. The smallest absolute Gasteiger partial charge is 0.273 e. The summed E-state index contributed by atoms with van der Waals surface area (Å²) in [5.41, 5.74) is 0.562. The van der Waals surface area contributed by atoms with E-state index in [0.717, 1.165) is 11.1 Å². The number of halogens is 1. The van der Waals surface area contributed by atoms with Gasteiger partial charge in [0.2, 0.25) is 5.91 Å². The number of hydrogen-bond acceptors (Lipinski definition) is 5. The molecular weight excluding hydrogens is 465 g/mol. The van der Waals surface area contributed by atoms with E-state index in [1.807, 2.05) is 12.1 Å². The van der Waals surface area contributed by atoms with E-state index in [4.69, 9.17) is 4.74 Å². The van der Waals surface area contributed by atoms with E-state index >= 15 is 0 Å². The summed E-state index contributed by atoms with van der Waals surface area (Å²) < 4.78 is 19.9. The third-order valence-electron chi connectivity index (χ3n) is 6.36. The first-order valence-electron chi connectivity index (χ1n) is 11.6. The molecular formula is C26H28FN5O4. The number of hydrogen-bond donors (Lipinski definition) is 2. The van der Waals surface area contributed by atoms with Crippen molar-refractivity contribution in [2.75, 3.05) is 13.7 Å². The Morgan fingerprint density at radius 2 is 1.67 bits per heavy atom. The monoisotopic (exact) mass is 493 g/mol. The molecule has 0 saturated heterocycles. The number of methoxy groups -OCH3 is 1. The third kappa shape index (κ3) is 4.79. The van der Waals surface area contributed by atoms with Gasteiger partial charge in [-0.2, -0.15) is 0 Å². The summed E-state index contributed by atoms with van der Waals surface area (Å²) in [6.07, 6.45) is 1.41. The third-order valence-corrected chi connectivity index (χ3v) is 6.36. The fraction of sp³-hybridized carbons (Fsp3) is 0.308. The summed E-state index contributed by atoms with van der Waals surface area (Å²) in [6.45, 7) is 4.30. The van der Waals surface area contributed by atoms with Crippen LogP contribution in [0.2, 0.25) is 0 Å². The molecule has 0 aliphatic carbocycles. The Bertz CT molecular complexity index is 1270. The highest BCUT2D eigenvalue weighted by atomic mass is 19.1. The van der Waals surface area contributed by atoms with Gasteiger partial charge >= 0.3 is 0 Å². The van der Waals surface area contributed by atoms with Gasteiger partial charge in [0.1, 0.15) is 22.8 Å². The van der Waals surface area contributed by atoms with Crippen LogP contribution in [0.3, 0.4) is 0 Å². The summed E-state index contributed by atoms with van der Waals surface area (Å²) in [5, 5.41) is 5.64. The van der Waals surface area contributed by atoms with Crippen LogP contribution >= 0.6 is 0 Å². The Morgan fingerprint density at radius 3 is 2.28 bits per heavy atom. The normalized spacial score (nSPS) is 16.9. The quantitative estimate of drug-likeness (QED) is 0.502. The van der Waals surface area contributed by atoms with Crippen molar-refractivity contribution in [1.29, 1.82) is 0 Å². The molecule has 0 bridgehead atoms. The van der Waals surface area contributed by atoms with Gasteiger partial charge in [0, 0.05) is 19.6 Å². The first-order valence-corrected chi connectivity index (χ1v) is 11.6. The van der Waals surface area contributed by atoms with Gasteiger partial charge in [0.25, 0.3) is 11.8 Å². The summed E-state index contributed by atoms with van der Waals surface area (Å²) in [5.74, 6) is -0.928. The fourth-order valence-electron chi connectivity index (χ4n) is 4.33. The summed E-state index contributed by atoms with van der Waals surface area (Å²) in [6, 6.07) is 13.1. The van der Waals surface area contributed by atoms with Crippen LogP contribution in [0, 0.1) is 5.82 Å². The standard InChI is InChI=1S/C26H28FN5O4/c1-4-32-24(34)22-21(23(33)28-13-18-7-11-20(36-3)12-8-18)30-16-31(22)15-26(32,2)25(35)29-14-17-5-9-19(27)10-6-17/h5-12,16H,4,13-15H2,1-3H3,(H,28,33)(H,29,35). The highest BCUT2D eigenvalue weighted by Gasteiger charge is 2.48. The molecule has 2 aromatic carbocycles. The predicted octanol–water partition coefficient (Wildman–Crippen LogP) is 2.51. The molecule has 1 aliphatic rings. The second-order valence-electron chi connectivity index (χ2n) is 8.73. The molecule has 3 aromatic rings. The van der Waals surface area contributed by atoms with Gasteiger partial charge in [-0.3, -0.25) is 14.4 Å². The van der Waals surface area contributed by atoms with Gasteiger partial charge in [-0.25, -0.2) is 9.37 Å². The van der Waals surface area contributed by atoms with E-state index in [9.17, 15) is 18.8 Å². The number of carbonyl (C=O) groups is 3. The van der Waals surface area contributed by atoms with Crippen molar-refractivity contribution in [3.05, 3.63) is 83.2 Å². The number of nitrogens with one attached hydrogen (secondary N) is 2. The lowest BCUT2D eigenvalue weighted by atomic mass is 9.94. The Morgan fingerprint density at radius 1 is 1.06 bits per heavy atom. The van der Waals surface area contributed by atoms with Gasteiger partial charge in [-0.05, 0) is 49.2 Å².